The standard InChI is InChI=1S/C24H30Cl2N2O2S/c1-5-17(4)27-24(30)22(6-2)28(14-19-20(25)8-7-9-21(19)26)23(29)15-31-18-12-10-16(3)11-13-18/h7-13,17,22H,5-6,14-15H2,1-4H3,(H,27,30)/t17-,22-/m1/s1. The molecule has 0 saturated carbocycles. The van der Waals surface area contributed by atoms with Gasteiger partial charge in [-0.05, 0) is 51.0 Å². The molecule has 2 atom stereocenters. The van der Waals surface area contributed by atoms with Gasteiger partial charge in [-0.25, -0.2) is 0 Å². The summed E-state index contributed by atoms with van der Waals surface area (Å²) in [5.74, 6) is -0.0699. The maximum atomic E-state index is 13.3. The summed E-state index contributed by atoms with van der Waals surface area (Å²) in [5, 5.41) is 3.97. The van der Waals surface area contributed by atoms with E-state index in [-0.39, 0.29) is 30.2 Å². The summed E-state index contributed by atoms with van der Waals surface area (Å²) in [6, 6.07) is 12.7. The molecule has 7 heteroatoms. The number of hydrogen-bond donors (Lipinski definition) is 1. The fraction of sp³-hybridized carbons (Fsp3) is 0.417. The van der Waals surface area contributed by atoms with E-state index < -0.39 is 6.04 Å². The normalized spacial score (nSPS) is 12.8. The average molecular weight is 481 g/mol. The molecule has 0 bridgehead atoms. The molecule has 0 aliphatic carbocycles. The highest BCUT2D eigenvalue weighted by atomic mass is 35.5. The second kappa shape index (κ2) is 12.4. The molecule has 0 unspecified atom stereocenters. The Hall–Kier alpha value is -1.69. The molecule has 0 saturated heterocycles. The van der Waals surface area contributed by atoms with E-state index in [1.807, 2.05) is 52.0 Å². The minimum atomic E-state index is -0.604. The van der Waals surface area contributed by atoms with Crippen LogP contribution in [0.2, 0.25) is 10.0 Å². The lowest BCUT2D eigenvalue weighted by molar-refractivity contribution is -0.139. The molecule has 2 amide bonds. The maximum Gasteiger partial charge on any atom is 0.243 e. The highest BCUT2D eigenvalue weighted by Gasteiger charge is 2.30. The van der Waals surface area contributed by atoms with Crippen LogP contribution < -0.4 is 5.32 Å². The molecule has 4 nitrogen and oxygen atoms in total. The predicted molar refractivity (Wildman–Crippen MR) is 131 cm³/mol. The molecule has 2 rings (SSSR count). The van der Waals surface area contributed by atoms with Crippen LogP contribution in [0.15, 0.2) is 47.4 Å². The average Bonchev–Trinajstić information content (AvgIpc) is 2.74. The van der Waals surface area contributed by atoms with Crippen molar-refractivity contribution in [2.45, 2.75) is 64.1 Å². The van der Waals surface area contributed by atoms with Crippen molar-refractivity contribution in [1.82, 2.24) is 10.2 Å². The van der Waals surface area contributed by atoms with Crippen LogP contribution in [0.1, 0.15) is 44.7 Å². The lowest BCUT2D eigenvalue weighted by atomic mass is 10.1. The van der Waals surface area contributed by atoms with Gasteiger partial charge in [-0.2, -0.15) is 0 Å². The van der Waals surface area contributed by atoms with Gasteiger partial charge in [0.05, 0.1) is 5.75 Å². The molecule has 0 fully saturated rings. The Kier molecular flexibility index (Phi) is 10.2. The van der Waals surface area contributed by atoms with Crippen LogP contribution in [0.4, 0.5) is 0 Å². The Balaban J connectivity index is 2.27. The Morgan fingerprint density at radius 1 is 1.03 bits per heavy atom. The number of nitrogens with zero attached hydrogens (tertiary/aromatic N) is 1. The van der Waals surface area contributed by atoms with Crippen molar-refractivity contribution in [1.29, 1.82) is 0 Å². The number of thioether (sulfide) groups is 1. The lowest BCUT2D eigenvalue weighted by Crippen LogP contribution is -2.51. The number of nitrogens with one attached hydrogen (secondary N) is 1. The summed E-state index contributed by atoms with van der Waals surface area (Å²) in [6.07, 6.45) is 1.31. The third-order valence-corrected chi connectivity index (χ3v) is 6.87. The first-order chi connectivity index (χ1) is 14.8. The third-order valence-electron chi connectivity index (χ3n) is 5.16. The summed E-state index contributed by atoms with van der Waals surface area (Å²) in [6.45, 7) is 8.07. The van der Waals surface area contributed by atoms with Gasteiger partial charge in [-0.15, -0.1) is 11.8 Å². The summed E-state index contributed by atoms with van der Waals surface area (Å²) in [7, 11) is 0. The van der Waals surface area contributed by atoms with Crippen molar-refractivity contribution in [3.8, 4) is 0 Å². The van der Waals surface area contributed by atoms with E-state index in [9.17, 15) is 9.59 Å². The first-order valence-electron chi connectivity index (χ1n) is 10.5. The van der Waals surface area contributed by atoms with Crippen LogP contribution in [-0.2, 0) is 16.1 Å². The van der Waals surface area contributed by atoms with E-state index in [0.717, 1.165) is 11.3 Å². The number of halogens is 2. The Morgan fingerprint density at radius 3 is 2.19 bits per heavy atom. The van der Waals surface area contributed by atoms with Gasteiger partial charge < -0.3 is 10.2 Å². The van der Waals surface area contributed by atoms with E-state index in [1.165, 1.54) is 17.3 Å². The van der Waals surface area contributed by atoms with Crippen molar-refractivity contribution in [3.63, 3.8) is 0 Å². The molecular weight excluding hydrogens is 451 g/mol. The van der Waals surface area contributed by atoms with Crippen LogP contribution in [0.5, 0.6) is 0 Å². The van der Waals surface area contributed by atoms with Crippen LogP contribution >= 0.6 is 35.0 Å². The van der Waals surface area contributed by atoms with Crippen molar-refractivity contribution in [2.24, 2.45) is 0 Å². The summed E-state index contributed by atoms with van der Waals surface area (Å²) in [5.41, 5.74) is 1.81. The number of amides is 2. The van der Waals surface area contributed by atoms with Gasteiger partial charge in [0.15, 0.2) is 0 Å². The molecular formula is C24H30Cl2N2O2S. The van der Waals surface area contributed by atoms with Gasteiger partial charge in [0.25, 0.3) is 0 Å². The quantitative estimate of drug-likeness (QED) is 0.416. The first kappa shape index (κ1) is 25.6. The Morgan fingerprint density at radius 2 is 1.65 bits per heavy atom. The van der Waals surface area contributed by atoms with Gasteiger partial charge in [0.1, 0.15) is 6.04 Å². The van der Waals surface area contributed by atoms with E-state index >= 15 is 0 Å². The van der Waals surface area contributed by atoms with Gasteiger partial charge in [-0.3, -0.25) is 9.59 Å². The van der Waals surface area contributed by atoms with Gasteiger partial charge in [-0.1, -0.05) is 60.8 Å². The summed E-state index contributed by atoms with van der Waals surface area (Å²) in [4.78, 5) is 28.9. The number of carbonyl (C=O) groups is 2. The molecule has 2 aromatic carbocycles. The zero-order chi connectivity index (χ0) is 23.0. The van der Waals surface area contributed by atoms with Gasteiger partial charge in [0, 0.05) is 33.1 Å². The van der Waals surface area contributed by atoms with Crippen LogP contribution in [0.3, 0.4) is 0 Å². The molecule has 0 aliphatic heterocycles. The second-order valence-corrected chi connectivity index (χ2v) is 9.43. The maximum absolute atomic E-state index is 13.3. The number of aryl methyl sites for hydroxylation is 1. The minimum Gasteiger partial charge on any atom is -0.352 e. The molecule has 0 spiro atoms. The Labute approximate surface area is 199 Å². The van der Waals surface area contributed by atoms with Crippen molar-refractivity contribution < 1.29 is 9.59 Å². The molecule has 168 valence electrons. The molecule has 0 radical (unpaired) electrons. The number of rotatable bonds is 10. The topological polar surface area (TPSA) is 49.4 Å². The molecule has 0 heterocycles. The lowest BCUT2D eigenvalue weighted by Gasteiger charge is -2.32. The summed E-state index contributed by atoms with van der Waals surface area (Å²) < 4.78 is 0. The largest absolute Gasteiger partial charge is 0.352 e. The van der Waals surface area contributed by atoms with Gasteiger partial charge >= 0.3 is 0 Å². The predicted octanol–water partition coefficient (Wildman–Crippen LogP) is 6.12. The van der Waals surface area contributed by atoms with E-state index in [2.05, 4.69) is 5.32 Å². The smallest absolute Gasteiger partial charge is 0.243 e. The molecule has 1 N–H and O–H groups in total. The number of benzene rings is 2. The van der Waals surface area contributed by atoms with E-state index in [0.29, 0.717) is 22.0 Å². The SMILES string of the molecule is CC[C@@H](C)NC(=O)[C@@H](CC)N(Cc1c(Cl)cccc1Cl)C(=O)CSc1ccc(C)cc1. The van der Waals surface area contributed by atoms with Crippen molar-refractivity contribution in [3.05, 3.63) is 63.6 Å². The van der Waals surface area contributed by atoms with Crippen LogP contribution in [-0.4, -0.2) is 34.6 Å². The fourth-order valence-corrected chi connectivity index (χ4v) is 4.38. The first-order valence-corrected chi connectivity index (χ1v) is 12.2. The number of carbonyl (C=O) groups excluding carboxylic acids is 2. The summed E-state index contributed by atoms with van der Waals surface area (Å²) >= 11 is 14.2. The zero-order valence-corrected chi connectivity index (χ0v) is 20.8. The van der Waals surface area contributed by atoms with E-state index in [1.54, 1.807) is 23.1 Å². The van der Waals surface area contributed by atoms with Gasteiger partial charge in [0.2, 0.25) is 11.8 Å². The minimum absolute atomic E-state index is 0.0318. The second-order valence-electron chi connectivity index (χ2n) is 7.57. The Bertz CT molecular complexity index is 869. The zero-order valence-electron chi connectivity index (χ0n) is 18.5. The molecule has 0 aromatic heterocycles. The van der Waals surface area contributed by atoms with Crippen molar-refractivity contribution >= 4 is 46.8 Å². The number of hydrogen-bond acceptors (Lipinski definition) is 3. The molecule has 2 aromatic rings. The third kappa shape index (κ3) is 7.44. The molecule has 31 heavy (non-hydrogen) atoms. The monoisotopic (exact) mass is 480 g/mol. The van der Waals surface area contributed by atoms with Crippen LogP contribution in [0, 0.1) is 6.92 Å². The van der Waals surface area contributed by atoms with Crippen LogP contribution in [0.25, 0.3) is 0 Å². The highest BCUT2D eigenvalue weighted by molar-refractivity contribution is 8.00. The van der Waals surface area contributed by atoms with E-state index in [4.69, 9.17) is 23.2 Å². The molecule has 0 aliphatic rings. The van der Waals surface area contributed by atoms with Crippen molar-refractivity contribution in [2.75, 3.05) is 5.75 Å². The fourth-order valence-electron chi connectivity index (χ4n) is 3.08. The highest BCUT2D eigenvalue weighted by Crippen LogP contribution is 2.28.